The van der Waals surface area contributed by atoms with Crippen LogP contribution in [0.15, 0.2) is 65.5 Å². The molecule has 3 rings (SSSR count). The lowest BCUT2D eigenvalue weighted by Crippen LogP contribution is -2.20. The van der Waals surface area contributed by atoms with Gasteiger partial charge in [0.05, 0.1) is 10.6 Å². The van der Waals surface area contributed by atoms with E-state index in [9.17, 15) is 8.42 Å². The lowest BCUT2D eigenvalue weighted by molar-refractivity contribution is 0.591. The summed E-state index contributed by atoms with van der Waals surface area (Å²) in [6, 6.07) is 15.3. The Morgan fingerprint density at radius 2 is 1.96 bits per heavy atom. The van der Waals surface area contributed by atoms with Gasteiger partial charge in [0.15, 0.2) is 0 Å². The van der Waals surface area contributed by atoms with E-state index < -0.39 is 10.0 Å². The largest absolute Gasteiger partial charge is 0.255 e. The number of benzene rings is 1. The summed E-state index contributed by atoms with van der Waals surface area (Å²) in [6.07, 6.45) is 3.28. The van der Waals surface area contributed by atoms with E-state index in [1.54, 1.807) is 23.6 Å². The Hall–Kier alpha value is -2.28. The summed E-state index contributed by atoms with van der Waals surface area (Å²) in [6.45, 7) is 2.21. The molecule has 0 fully saturated rings. The zero-order chi connectivity index (χ0) is 17.7. The molecule has 2 aromatic heterocycles. The van der Waals surface area contributed by atoms with E-state index in [-0.39, 0.29) is 6.54 Å². The summed E-state index contributed by atoms with van der Waals surface area (Å²) in [5, 5.41) is 3.18. The maximum atomic E-state index is 12.1. The fraction of sp³-hybridized carbons (Fsp3) is 0.105. The Morgan fingerprint density at radius 1 is 1.16 bits per heavy atom. The molecule has 0 saturated heterocycles. The molecule has 4 nitrogen and oxygen atoms in total. The molecule has 3 aromatic rings. The molecule has 0 spiro atoms. The number of aryl methyl sites for hydroxylation is 1. The molecular formula is C19H18N2O2S2. The smallest absolute Gasteiger partial charge is 0.234 e. The van der Waals surface area contributed by atoms with E-state index in [0.717, 1.165) is 27.3 Å². The Balaban J connectivity index is 1.66. The lowest BCUT2D eigenvalue weighted by Gasteiger charge is -2.05. The highest BCUT2D eigenvalue weighted by atomic mass is 32.2. The molecule has 6 heteroatoms. The van der Waals surface area contributed by atoms with Crippen LogP contribution in [0.1, 0.15) is 16.7 Å². The highest BCUT2D eigenvalue weighted by Gasteiger charge is 2.07. The molecule has 1 N–H and O–H groups in total. The molecule has 0 saturated carbocycles. The van der Waals surface area contributed by atoms with Gasteiger partial charge in [-0.2, -0.15) is 0 Å². The van der Waals surface area contributed by atoms with E-state index in [1.165, 1.54) is 5.41 Å². The van der Waals surface area contributed by atoms with Crippen LogP contribution in [0.5, 0.6) is 0 Å². The Bertz CT molecular complexity index is 961. The van der Waals surface area contributed by atoms with Crippen molar-refractivity contribution in [1.29, 1.82) is 0 Å². The van der Waals surface area contributed by atoms with Gasteiger partial charge in [0.25, 0.3) is 0 Å². The summed E-state index contributed by atoms with van der Waals surface area (Å²) in [4.78, 5) is 5.39. The third-order valence-electron chi connectivity index (χ3n) is 3.59. The van der Waals surface area contributed by atoms with Crippen LogP contribution < -0.4 is 4.72 Å². The molecular weight excluding hydrogens is 352 g/mol. The average molecular weight is 370 g/mol. The van der Waals surface area contributed by atoms with Gasteiger partial charge in [-0.15, -0.1) is 11.3 Å². The minimum absolute atomic E-state index is 0.224. The Labute approximate surface area is 151 Å². The zero-order valence-corrected chi connectivity index (χ0v) is 15.3. The second-order valence-electron chi connectivity index (χ2n) is 5.61. The van der Waals surface area contributed by atoms with Gasteiger partial charge in [-0.3, -0.25) is 4.98 Å². The molecule has 0 bridgehead atoms. The number of hydrogen-bond donors (Lipinski definition) is 1. The first-order chi connectivity index (χ1) is 12.0. The molecule has 0 aliphatic heterocycles. The fourth-order valence-corrected chi connectivity index (χ4v) is 3.71. The molecule has 0 aliphatic rings. The van der Waals surface area contributed by atoms with Crippen LogP contribution >= 0.6 is 11.3 Å². The molecule has 2 heterocycles. The summed E-state index contributed by atoms with van der Waals surface area (Å²) >= 11 is 1.60. The minimum Gasteiger partial charge on any atom is -0.255 e. The third-order valence-corrected chi connectivity index (χ3v) is 5.53. The van der Waals surface area contributed by atoms with Gasteiger partial charge < -0.3 is 0 Å². The fourth-order valence-electron chi connectivity index (χ4n) is 2.22. The molecule has 25 heavy (non-hydrogen) atoms. The molecule has 1 aromatic carbocycles. The standard InChI is InChI=1S/C19H18N2O2S2/c1-15-4-6-16(7-5-15)9-12-25(22,23)21-14-17-8-10-20-18(13-17)19-3-2-11-24-19/h2-13,21H,14H2,1H3/b12-9+. The van der Waals surface area contributed by atoms with Gasteiger partial charge in [-0.1, -0.05) is 35.9 Å². The van der Waals surface area contributed by atoms with Crippen molar-refractivity contribution in [3.8, 4) is 10.6 Å². The summed E-state index contributed by atoms with van der Waals surface area (Å²) in [5.41, 5.74) is 3.70. The van der Waals surface area contributed by atoms with Crippen LogP contribution in [0.25, 0.3) is 16.6 Å². The van der Waals surface area contributed by atoms with Crippen molar-refractivity contribution in [2.24, 2.45) is 0 Å². The van der Waals surface area contributed by atoms with E-state index >= 15 is 0 Å². The Kier molecular flexibility index (Phi) is 5.43. The van der Waals surface area contributed by atoms with Crippen LogP contribution in [0, 0.1) is 6.92 Å². The second kappa shape index (κ2) is 7.74. The van der Waals surface area contributed by atoms with Crippen molar-refractivity contribution in [2.45, 2.75) is 13.5 Å². The maximum absolute atomic E-state index is 12.1. The van der Waals surface area contributed by atoms with Crippen molar-refractivity contribution >= 4 is 27.4 Å². The van der Waals surface area contributed by atoms with Crippen LogP contribution in [0.4, 0.5) is 0 Å². The summed E-state index contributed by atoms with van der Waals surface area (Å²) in [5.74, 6) is 0. The number of hydrogen-bond acceptors (Lipinski definition) is 4. The number of sulfonamides is 1. The van der Waals surface area contributed by atoms with E-state index in [2.05, 4.69) is 9.71 Å². The number of nitrogens with zero attached hydrogens (tertiary/aromatic N) is 1. The maximum Gasteiger partial charge on any atom is 0.234 e. The van der Waals surface area contributed by atoms with Gasteiger partial charge >= 0.3 is 0 Å². The minimum atomic E-state index is -3.50. The van der Waals surface area contributed by atoms with Gasteiger partial charge in [-0.25, -0.2) is 13.1 Å². The van der Waals surface area contributed by atoms with Crippen molar-refractivity contribution in [3.63, 3.8) is 0 Å². The summed E-state index contributed by atoms with van der Waals surface area (Å²) in [7, 11) is -3.50. The summed E-state index contributed by atoms with van der Waals surface area (Å²) < 4.78 is 26.9. The number of rotatable bonds is 6. The van der Waals surface area contributed by atoms with Gasteiger partial charge in [0.2, 0.25) is 10.0 Å². The highest BCUT2D eigenvalue weighted by Crippen LogP contribution is 2.23. The first-order valence-corrected chi connectivity index (χ1v) is 10.2. The van der Waals surface area contributed by atoms with Crippen molar-refractivity contribution in [2.75, 3.05) is 0 Å². The molecule has 0 aliphatic carbocycles. The van der Waals surface area contributed by atoms with Crippen LogP contribution in [-0.2, 0) is 16.6 Å². The predicted molar refractivity (Wildman–Crippen MR) is 104 cm³/mol. The van der Waals surface area contributed by atoms with Crippen molar-refractivity contribution in [3.05, 3.63) is 82.2 Å². The molecule has 0 atom stereocenters. The van der Waals surface area contributed by atoms with Gasteiger partial charge in [0.1, 0.15) is 0 Å². The SMILES string of the molecule is Cc1ccc(/C=C/S(=O)(=O)NCc2ccnc(-c3cccs3)c2)cc1. The number of nitrogens with one attached hydrogen (secondary N) is 1. The predicted octanol–water partition coefficient (Wildman–Crippen LogP) is 4.21. The quantitative estimate of drug-likeness (QED) is 0.707. The van der Waals surface area contributed by atoms with Crippen molar-refractivity contribution < 1.29 is 8.42 Å². The monoisotopic (exact) mass is 370 g/mol. The second-order valence-corrected chi connectivity index (χ2v) is 8.20. The average Bonchev–Trinajstić information content (AvgIpc) is 3.15. The van der Waals surface area contributed by atoms with Gasteiger partial charge in [0, 0.05) is 18.1 Å². The van der Waals surface area contributed by atoms with Crippen LogP contribution in [0.3, 0.4) is 0 Å². The normalized spacial score (nSPS) is 11.9. The molecule has 0 unspecified atom stereocenters. The number of pyridine rings is 1. The number of aromatic nitrogens is 1. The topological polar surface area (TPSA) is 59.1 Å². The lowest BCUT2D eigenvalue weighted by atomic mass is 10.2. The zero-order valence-electron chi connectivity index (χ0n) is 13.7. The van der Waals surface area contributed by atoms with Crippen LogP contribution in [-0.4, -0.2) is 13.4 Å². The first-order valence-electron chi connectivity index (χ1n) is 7.75. The third kappa shape index (κ3) is 5.09. The van der Waals surface area contributed by atoms with E-state index in [0.29, 0.717) is 0 Å². The van der Waals surface area contributed by atoms with Gasteiger partial charge in [-0.05, 0) is 47.7 Å². The van der Waals surface area contributed by atoms with Crippen LogP contribution in [0.2, 0.25) is 0 Å². The van der Waals surface area contributed by atoms with Crippen molar-refractivity contribution in [1.82, 2.24) is 9.71 Å². The number of thiophene rings is 1. The van der Waals surface area contributed by atoms with E-state index in [1.807, 2.05) is 60.8 Å². The molecule has 0 radical (unpaired) electrons. The highest BCUT2D eigenvalue weighted by molar-refractivity contribution is 7.92. The van der Waals surface area contributed by atoms with E-state index in [4.69, 9.17) is 0 Å². The first kappa shape index (κ1) is 17.5. The Morgan fingerprint density at radius 3 is 2.68 bits per heavy atom. The molecule has 0 amide bonds. The molecule has 128 valence electrons.